The lowest BCUT2D eigenvalue weighted by Crippen LogP contribution is -2.18. The van der Waals surface area contributed by atoms with Crippen molar-refractivity contribution in [2.24, 2.45) is 0 Å². The molecule has 2 rings (SSSR count). The molecule has 0 fully saturated rings. The maximum absolute atomic E-state index is 12.3. The summed E-state index contributed by atoms with van der Waals surface area (Å²) < 4.78 is 9.37. The predicted octanol–water partition coefficient (Wildman–Crippen LogP) is 3.79. The number of nitrogens with one attached hydrogen (secondary N) is 1. The van der Waals surface area contributed by atoms with Gasteiger partial charge in [0.05, 0.1) is 36.8 Å². The van der Waals surface area contributed by atoms with Crippen molar-refractivity contribution in [3.05, 3.63) is 64.2 Å². The summed E-state index contributed by atoms with van der Waals surface area (Å²) in [4.78, 5) is 35.9. The Morgan fingerprint density at radius 2 is 1.74 bits per heavy atom. The molecule has 8 heteroatoms. The second-order valence-corrected chi connectivity index (χ2v) is 6.77. The smallest absolute Gasteiger partial charge is 0.339 e. The number of carbonyl (C=O) groups is 3. The van der Waals surface area contributed by atoms with E-state index in [0.29, 0.717) is 10.8 Å². The Labute approximate surface area is 166 Å². The highest BCUT2D eigenvalue weighted by Gasteiger charge is 2.17. The number of amides is 1. The number of hydrogen-bond acceptors (Lipinski definition) is 6. The summed E-state index contributed by atoms with van der Waals surface area (Å²) >= 11 is 7.47. The van der Waals surface area contributed by atoms with Crippen molar-refractivity contribution in [1.82, 2.24) is 0 Å². The zero-order valence-corrected chi connectivity index (χ0v) is 16.4. The number of esters is 2. The Morgan fingerprint density at radius 3 is 2.41 bits per heavy atom. The van der Waals surface area contributed by atoms with Gasteiger partial charge in [-0.15, -0.1) is 11.8 Å². The van der Waals surface area contributed by atoms with Crippen LogP contribution in [0.5, 0.6) is 0 Å². The van der Waals surface area contributed by atoms with E-state index < -0.39 is 11.9 Å². The van der Waals surface area contributed by atoms with E-state index in [1.54, 1.807) is 6.07 Å². The first-order chi connectivity index (χ1) is 13.0. The highest BCUT2D eigenvalue weighted by molar-refractivity contribution is 7.99. The summed E-state index contributed by atoms with van der Waals surface area (Å²) in [7, 11) is 2.49. The minimum atomic E-state index is -0.620. The summed E-state index contributed by atoms with van der Waals surface area (Å²) in [5, 5.41) is 3.29. The van der Waals surface area contributed by atoms with Crippen molar-refractivity contribution in [2.45, 2.75) is 5.75 Å². The average Bonchev–Trinajstić information content (AvgIpc) is 2.68. The SMILES string of the molecule is COC(=O)c1ccc(C(=O)OC)c(NC(=O)CSCc2ccccc2Cl)c1. The van der Waals surface area contributed by atoms with E-state index in [2.05, 4.69) is 10.1 Å². The minimum absolute atomic E-state index is 0.147. The van der Waals surface area contributed by atoms with Gasteiger partial charge in [-0.3, -0.25) is 4.79 Å². The molecule has 0 unspecified atom stereocenters. The molecular weight excluding hydrogens is 390 g/mol. The minimum Gasteiger partial charge on any atom is -0.465 e. The molecule has 0 aliphatic carbocycles. The first kappa shape index (κ1) is 20.8. The van der Waals surface area contributed by atoms with E-state index >= 15 is 0 Å². The fraction of sp³-hybridized carbons (Fsp3) is 0.211. The van der Waals surface area contributed by atoms with Gasteiger partial charge in [-0.1, -0.05) is 29.8 Å². The van der Waals surface area contributed by atoms with Gasteiger partial charge in [-0.25, -0.2) is 9.59 Å². The molecule has 0 aromatic heterocycles. The van der Waals surface area contributed by atoms with E-state index in [9.17, 15) is 14.4 Å². The molecule has 2 aromatic carbocycles. The number of benzene rings is 2. The van der Waals surface area contributed by atoms with Crippen molar-refractivity contribution < 1.29 is 23.9 Å². The van der Waals surface area contributed by atoms with Crippen LogP contribution in [0.25, 0.3) is 0 Å². The first-order valence-electron chi connectivity index (χ1n) is 7.88. The van der Waals surface area contributed by atoms with E-state index in [1.165, 1.54) is 44.2 Å². The molecule has 0 radical (unpaired) electrons. The van der Waals surface area contributed by atoms with E-state index in [4.69, 9.17) is 16.3 Å². The standard InChI is InChI=1S/C19H18ClNO5S/c1-25-18(23)12-7-8-14(19(24)26-2)16(9-12)21-17(22)11-27-10-13-5-3-4-6-15(13)20/h3-9H,10-11H2,1-2H3,(H,21,22). The molecule has 6 nitrogen and oxygen atoms in total. The Kier molecular flexibility index (Phi) is 7.69. The van der Waals surface area contributed by atoms with E-state index in [0.717, 1.165) is 5.56 Å². The van der Waals surface area contributed by atoms with Crippen LogP contribution in [-0.4, -0.2) is 37.8 Å². The van der Waals surface area contributed by atoms with Crippen molar-refractivity contribution in [1.29, 1.82) is 0 Å². The monoisotopic (exact) mass is 407 g/mol. The van der Waals surface area contributed by atoms with Gasteiger partial charge in [0.25, 0.3) is 0 Å². The molecule has 1 N–H and O–H groups in total. The van der Waals surface area contributed by atoms with Crippen molar-refractivity contribution in [3.63, 3.8) is 0 Å². The number of thioether (sulfide) groups is 1. The Balaban J connectivity index is 2.07. The van der Waals surface area contributed by atoms with E-state index in [-0.39, 0.29) is 28.5 Å². The maximum atomic E-state index is 12.3. The molecule has 1 amide bonds. The van der Waals surface area contributed by atoms with Crippen LogP contribution < -0.4 is 5.32 Å². The highest BCUT2D eigenvalue weighted by Crippen LogP contribution is 2.22. The van der Waals surface area contributed by atoms with Crippen LogP contribution in [-0.2, 0) is 20.0 Å². The lowest BCUT2D eigenvalue weighted by Gasteiger charge is -2.11. The molecule has 2 aromatic rings. The third kappa shape index (κ3) is 5.74. The van der Waals surface area contributed by atoms with Gasteiger partial charge in [0.2, 0.25) is 5.91 Å². The number of anilines is 1. The van der Waals surface area contributed by atoms with Crippen LogP contribution in [0.4, 0.5) is 5.69 Å². The molecule has 0 saturated carbocycles. The van der Waals surface area contributed by atoms with Gasteiger partial charge >= 0.3 is 11.9 Å². The number of ether oxygens (including phenoxy) is 2. The largest absolute Gasteiger partial charge is 0.465 e. The zero-order valence-electron chi connectivity index (χ0n) is 14.8. The normalized spacial score (nSPS) is 10.2. The summed E-state index contributed by atoms with van der Waals surface area (Å²) in [6, 6.07) is 11.6. The predicted molar refractivity (Wildman–Crippen MR) is 105 cm³/mol. The number of halogens is 1. The van der Waals surface area contributed by atoms with Crippen molar-refractivity contribution in [2.75, 3.05) is 25.3 Å². The van der Waals surface area contributed by atoms with Crippen LogP contribution in [0.2, 0.25) is 5.02 Å². The van der Waals surface area contributed by atoms with Gasteiger partial charge in [0.1, 0.15) is 0 Å². The Bertz CT molecular complexity index is 856. The third-order valence-corrected chi connectivity index (χ3v) is 4.92. The first-order valence-corrected chi connectivity index (χ1v) is 9.41. The van der Waals surface area contributed by atoms with Crippen LogP contribution in [0, 0.1) is 0 Å². The molecule has 0 aliphatic rings. The van der Waals surface area contributed by atoms with Gasteiger partial charge < -0.3 is 14.8 Å². The van der Waals surface area contributed by atoms with Gasteiger partial charge in [-0.2, -0.15) is 0 Å². The number of hydrogen-bond donors (Lipinski definition) is 1. The zero-order chi connectivity index (χ0) is 19.8. The van der Waals surface area contributed by atoms with Crippen LogP contribution >= 0.6 is 23.4 Å². The molecule has 0 spiro atoms. The Morgan fingerprint density at radius 1 is 1.04 bits per heavy atom. The fourth-order valence-electron chi connectivity index (χ4n) is 2.24. The number of methoxy groups -OCH3 is 2. The molecule has 0 heterocycles. The van der Waals surface area contributed by atoms with E-state index in [1.807, 2.05) is 18.2 Å². The summed E-state index contributed by atoms with van der Waals surface area (Å²) in [6.07, 6.45) is 0. The number of carbonyl (C=O) groups excluding carboxylic acids is 3. The molecule has 0 saturated heterocycles. The molecule has 0 bridgehead atoms. The van der Waals surface area contributed by atoms with Gasteiger partial charge in [-0.05, 0) is 29.8 Å². The molecule has 0 aliphatic heterocycles. The summed E-state index contributed by atoms with van der Waals surface area (Å²) in [6.45, 7) is 0. The lowest BCUT2D eigenvalue weighted by molar-refractivity contribution is -0.113. The highest BCUT2D eigenvalue weighted by atomic mass is 35.5. The van der Waals surface area contributed by atoms with Crippen molar-refractivity contribution >= 4 is 46.9 Å². The second-order valence-electron chi connectivity index (χ2n) is 5.38. The quantitative estimate of drug-likeness (QED) is 0.703. The maximum Gasteiger partial charge on any atom is 0.339 e. The fourth-order valence-corrected chi connectivity index (χ4v) is 3.35. The van der Waals surface area contributed by atoms with Crippen LogP contribution in [0.15, 0.2) is 42.5 Å². The lowest BCUT2D eigenvalue weighted by atomic mass is 10.1. The summed E-state index contributed by atoms with van der Waals surface area (Å²) in [5.74, 6) is -0.798. The average molecular weight is 408 g/mol. The van der Waals surface area contributed by atoms with Gasteiger partial charge in [0.15, 0.2) is 0 Å². The van der Waals surface area contributed by atoms with Gasteiger partial charge in [0, 0.05) is 10.8 Å². The summed E-state index contributed by atoms with van der Waals surface area (Å²) in [5.41, 5.74) is 1.48. The topological polar surface area (TPSA) is 81.7 Å². The Hall–Kier alpha value is -2.51. The molecule has 27 heavy (non-hydrogen) atoms. The molecule has 0 atom stereocenters. The second kappa shape index (κ2) is 9.99. The van der Waals surface area contributed by atoms with Crippen LogP contribution in [0.1, 0.15) is 26.3 Å². The molecular formula is C19H18ClNO5S. The third-order valence-electron chi connectivity index (χ3n) is 3.57. The van der Waals surface area contributed by atoms with Crippen molar-refractivity contribution in [3.8, 4) is 0 Å². The van der Waals surface area contributed by atoms with Crippen LogP contribution in [0.3, 0.4) is 0 Å². The number of rotatable bonds is 7. The molecule has 142 valence electrons.